The number of carbonyl (C=O) groups excluding carboxylic acids is 2. The van der Waals surface area contributed by atoms with Crippen molar-refractivity contribution in [2.75, 3.05) is 20.3 Å². The molecule has 0 heterocycles. The minimum atomic E-state index is -3.95. The zero-order valence-corrected chi connectivity index (χ0v) is 26.6. The normalized spacial score (nSPS) is 15.7. The number of nitrogens with zero attached hydrogens (tertiary/aromatic N) is 2. The molecule has 2 amide bonds. The van der Waals surface area contributed by atoms with Gasteiger partial charge in [-0.1, -0.05) is 55.8 Å². The Morgan fingerprint density at radius 1 is 1.07 bits per heavy atom. The van der Waals surface area contributed by atoms with Crippen LogP contribution in [0.5, 0.6) is 0 Å². The quantitative estimate of drug-likeness (QED) is 0.250. The summed E-state index contributed by atoms with van der Waals surface area (Å²) in [7, 11) is -2.74. The van der Waals surface area contributed by atoms with Crippen LogP contribution in [0, 0.1) is 11.8 Å². The zero-order chi connectivity index (χ0) is 31.7. The summed E-state index contributed by atoms with van der Waals surface area (Å²) in [4.78, 5) is 27.7. The minimum Gasteiger partial charge on any atom is -0.452 e. The van der Waals surface area contributed by atoms with Crippen LogP contribution in [0.25, 0.3) is 0 Å². The van der Waals surface area contributed by atoms with Crippen molar-refractivity contribution >= 4 is 33.6 Å². The maximum Gasteiger partial charge on any atom is 0.416 e. The number of imide groups is 1. The van der Waals surface area contributed by atoms with Crippen LogP contribution < -0.4 is 5.73 Å². The molecule has 2 aromatic carbocycles. The molecule has 2 aromatic rings. The average molecular weight is 638 g/mol. The molecule has 0 saturated heterocycles. The number of amides is 2. The number of aliphatic hydroxyl groups excluding tert-OH is 2. The summed E-state index contributed by atoms with van der Waals surface area (Å²) >= 11 is 6.27. The van der Waals surface area contributed by atoms with Gasteiger partial charge in [-0.15, -0.1) is 0 Å². The maximum atomic E-state index is 13.7. The van der Waals surface area contributed by atoms with Crippen molar-refractivity contribution in [2.45, 2.75) is 82.0 Å². The summed E-state index contributed by atoms with van der Waals surface area (Å²) in [6.07, 6.45) is 2.21. The van der Waals surface area contributed by atoms with Crippen LogP contribution in [0.2, 0.25) is 5.02 Å². The number of benzene rings is 2. The highest BCUT2D eigenvalue weighted by Gasteiger charge is 2.42. The molecule has 43 heavy (non-hydrogen) atoms. The number of aliphatic hydroxyl groups is 2. The summed E-state index contributed by atoms with van der Waals surface area (Å²) in [6.45, 7) is 3.41. The van der Waals surface area contributed by atoms with Crippen molar-refractivity contribution in [3.63, 3.8) is 0 Å². The molecule has 12 heteroatoms. The van der Waals surface area contributed by atoms with Gasteiger partial charge in [0, 0.05) is 23.7 Å². The fraction of sp³-hybridized carbons (Fsp3) is 0.548. The van der Waals surface area contributed by atoms with Crippen molar-refractivity contribution in [2.24, 2.45) is 17.6 Å². The number of methoxy groups -OCH3 is 1. The number of sulfonamides is 1. The Kier molecular flexibility index (Phi) is 13.0. The SMILES string of the molecule is COC(=O)N(C(=O)[C@@H](N)Cc1ccccc1Cl)[C@H](CCC[C@@H](CO)N(CC(C)C)S(=O)(=O)c1ccc(CO)cc1)C1CC1. The Bertz CT molecular complexity index is 1320. The molecule has 10 nitrogen and oxygen atoms in total. The summed E-state index contributed by atoms with van der Waals surface area (Å²) < 4.78 is 33.7. The molecule has 1 fully saturated rings. The summed E-state index contributed by atoms with van der Waals surface area (Å²) in [5, 5.41) is 20.2. The van der Waals surface area contributed by atoms with E-state index >= 15 is 0 Å². The molecule has 0 aromatic heterocycles. The Morgan fingerprint density at radius 3 is 2.26 bits per heavy atom. The van der Waals surface area contributed by atoms with E-state index in [1.165, 1.54) is 23.5 Å². The first-order valence-electron chi connectivity index (χ1n) is 14.7. The van der Waals surface area contributed by atoms with Gasteiger partial charge >= 0.3 is 6.09 Å². The monoisotopic (exact) mass is 637 g/mol. The molecule has 1 aliphatic rings. The second-order valence-corrected chi connectivity index (χ2v) is 13.8. The Balaban J connectivity index is 1.78. The van der Waals surface area contributed by atoms with E-state index in [0.29, 0.717) is 35.4 Å². The van der Waals surface area contributed by atoms with E-state index in [2.05, 4.69) is 0 Å². The van der Waals surface area contributed by atoms with E-state index in [1.54, 1.807) is 36.4 Å². The lowest BCUT2D eigenvalue weighted by atomic mass is 9.99. The predicted octanol–water partition coefficient (Wildman–Crippen LogP) is 3.95. The number of nitrogens with two attached hydrogens (primary N) is 1. The highest BCUT2D eigenvalue weighted by Crippen LogP contribution is 2.38. The molecule has 3 rings (SSSR count). The number of hydrogen-bond acceptors (Lipinski definition) is 8. The van der Waals surface area contributed by atoms with Gasteiger partial charge in [0.1, 0.15) is 0 Å². The van der Waals surface area contributed by atoms with Crippen LogP contribution in [-0.4, -0.2) is 78.2 Å². The fourth-order valence-electron chi connectivity index (χ4n) is 5.31. The summed E-state index contributed by atoms with van der Waals surface area (Å²) in [5.41, 5.74) is 7.59. The first kappa shape index (κ1) is 34.9. The van der Waals surface area contributed by atoms with Gasteiger partial charge in [-0.05, 0) is 79.7 Å². The predicted molar refractivity (Wildman–Crippen MR) is 165 cm³/mol. The number of halogens is 1. The van der Waals surface area contributed by atoms with Gasteiger partial charge in [0.25, 0.3) is 0 Å². The van der Waals surface area contributed by atoms with Crippen LogP contribution in [-0.2, 0) is 32.6 Å². The fourth-order valence-corrected chi connectivity index (χ4v) is 7.33. The number of ether oxygens (including phenoxy) is 1. The van der Waals surface area contributed by atoms with Crippen LogP contribution in [0.4, 0.5) is 4.79 Å². The first-order chi connectivity index (χ1) is 20.4. The first-order valence-corrected chi connectivity index (χ1v) is 16.5. The van der Waals surface area contributed by atoms with Gasteiger partial charge < -0.3 is 20.7 Å². The molecule has 0 unspecified atom stereocenters. The second kappa shape index (κ2) is 16.0. The smallest absolute Gasteiger partial charge is 0.416 e. The van der Waals surface area contributed by atoms with E-state index in [0.717, 1.165) is 17.7 Å². The van der Waals surface area contributed by atoms with Crippen LogP contribution in [0.15, 0.2) is 53.4 Å². The maximum absolute atomic E-state index is 13.7. The van der Waals surface area contributed by atoms with E-state index in [9.17, 15) is 28.2 Å². The molecule has 3 atom stereocenters. The molecule has 0 radical (unpaired) electrons. The topological polar surface area (TPSA) is 150 Å². The van der Waals surface area contributed by atoms with E-state index in [1.807, 2.05) is 13.8 Å². The van der Waals surface area contributed by atoms with Gasteiger partial charge in [-0.2, -0.15) is 4.31 Å². The zero-order valence-electron chi connectivity index (χ0n) is 25.1. The van der Waals surface area contributed by atoms with E-state index < -0.39 is 46.8 Å². The molecule has 0 bridgehead atoms. The second-order valence-electron chi connectivity index (χ2n) is 11.5. The number of carbonyl (C=O) groups is 2. The van der Waals surface area contributed by atoms with Gasteiger partial charge in [0.05, 0.1) is 31.3 Å². The highest BCUT2D eigenvalue weighted by atomic mass is 35.5. The average Bonchev–Trinajstić information content (AvgIpc) is 3.84. The van der Waals surface area contributed by atoms with Crippen LogP contribution in [0.1, 0.15) is 57.1 Å². The van der Waals surface area contributed by atoms with Gasteiger partial charge in [-0.25, -0.2) is 18.1 Å². The van der Waals surface area contributed by atoms with E-state index in [-0.39, 0.29) is 36.3 Å². The molecule has 238 valence electrons. The molecule has 1 saturated carbocycles. The van der Waals surface area contributed by atoms with Crippen molar-refractivity contribution in [1.82, 2.24) is 9.21 Å². The number of hydrogen-bond donors (Lipinski definition) is 3. The molecular formula is C31H44ClN3O7S. The van der Waals surface area contributed by atoms with Crippen molar-refractivity contribution < 1.29 is 33.0 Å². The molecule has 4 N–H and O–H groups in total. The van der Waals surface area contributed by atoms with Crippen LogP contribution in [0.3, 0.4) is 0 Å². The highest BCUT2D eigenvalue weighted by molar-refractivity contribution is 7.89. The lowest BCUT2D eigenvalue weighted by Crippen LogP contribution is -2.53. The van der Waals surface area contributed by atoms with Crippen molar-refractivity contribution in [3.05, 3.63) is 64.7 Å². The Hall–Kier alpha value is -2.54. The number of rotatable bonds is 16. The molecular weight excluding hydrogens is 594 g/mol. The minimum absolute atomic E-state index is 0.00760. The lowest BCUT2D eigenvalue weighted by molar-refractivity contribution is -0.133. The Morgan fingerprint density at radius 2 is 1.72 bits per heavy atom. The van der Waals surface area contributed by atoms with Gasteiger partial charge in [0.15, 0.2) is 0 Å². The van der Waals surface area contributed by atoms with Gasteiger partial charge in [0.2, 0.25) is 15.9 Å². The van der Waals surface area contributed by atoms with E-state index in [4.69, 9.17) is 22.1 Å². The van der Waals surface area contributed by atoms with Crippen molar-refractivity contribution in [3.8, 4) is 0 Å². The van der Waals surface area contributed by atoms with Crippen molar-refractivity contribution in [1.29, 1.82) is 0 Å². The largest absolute Gasteiger partial charge is 0.452 e. The third kappa shape index (κ3) is 9.23. The molecule has 0 spiro atoms. The van der Waals surface area contributed by atoms with Crippen LogP contribution >= 0.6 is 11.6 Å². The Labute approximate surface area is 259 Å². The third-order valence-corrected chi connectivity index (χ3v) is 10.0. The van der Waals surface area contributed by atoms with Gasteiger partial charge in [-0.3, -0.25) is 4.79 Å². The molecule has 1 aliphatic carbocycles. The third-order valence-electron chi connectivity index (χ3n) is 7.73. The summed E-state index contributed by atoms with van der Waals surface area (Å²) in [5.74, 6) is -0.479. The standard InChI is InChI=1S/C31H44ClN3O7S/c1-21(2)18-34(43(40,41)26-15-11-22(19-36)12-16-26)25(20-37)8-6-10-29(23-13-14-23)35(31(39)42-3)30(38)28(33)17-24-7-4-5-9-27(24)32/h4-5,7,9,11-12,15-16,21,23,25,28-29,36-37H,6,8,10,13-14,17-20,33H2,1-3H3/t25-,28-,29+/m0/s1. The molecule has 0 aliphatic heterocycles. The lowest BCUT2D eigenvalue weighted by Gasteiger charge is -2.33. The summed E-state index contributed by atoms with van der Waals surface area (Å²) in [6, 6.07) is 10.9.